The van der Waals surface area contributed by atoms with Crippen LogP contribution in [0.25, 0.3) is 0 Å². The molecule has 1 atom stereocenters. The van der Waals surface area contributed by atoms with Crippen LogP contribution in [0.5, 0.6) is 5.75 Å². The molecule has 6 heteroatoms. The lowest BCUT2D eigenvalue weighted by molar-refractivity contribution is 0.238. The minimum Gasteiger partial charge on any atom is -0.505 e. The summed E-state index contributed by atoms with van der Waals surface area (Å²) in [5.74, 6) is -0.288. The van der Waals surface area contributed by atoms with Crippen molar-refractivity contribution in [1.82, 2.24) is 15.5 Å². The van der Waals surface area contributed by atoms with Crippen LogP contribution in [0.1, 0.15) is 24.5 Å². The molecular formula is C21H29FN4O. The molecule has 146 valence electrons. The molecule has 0 bridgehead atoms. The van der Waals surface area contributed by atoms with Gasteiger partial charge in [-0.1, -0.05) is 36.4 Å². The highest BCUT2D eigenvalue weighted by Crippen LogP contribution is 2.15. The number of phenolic OH excluding ortho intramolecular Hbond substituents is 1. The van der Waals surface area contributed by atoms with Crippen molar-refractivity contribution in [2.75, 3.05) is 20.6 Å². The van der Waals surface area contributed by atoms with Crippen LogP contribution < -0.4 is 10.6 Å². The van der Waals surface area contributed by atoms with Crippen LogP contribution in [-0.4, -0.2) is 42.6 Å². The van der Waals surface area contributed by atoms with Gasteiger partial charge < -0.3 is 15.7 Å². The molecule has 3 N–H and O–H groups in total. The van der Waals surface area contributed by atoms with Gasteiger partial charge in [0.2, 0.25) is 0 Å². The first-order valence-electron chi connectivity index (χ1n) is 9.15. The molecular weight excluding hydrogens is 343 g/mol. The number of rotatable bonds is 8. The summed E-state index contributed by atoms with van der Waals surface area (Å²) in [6, 6.07) is 15.2. The van der Waals surface area contributed by atoms with Crippen molar-refractivity contribution in [2.45, 2.75) is 32.5 Å². The summed E-state index contributed by atoms with van der Waals surface area (Å²) < 4.78 is 13.4. The second-order valence-electron chi connectivity index (χ2n) is 6.68. The number of aromatic hydroxyl groups is 1. The number of aliphatic imine (C=N–C) groups is 1. The third kappa shape index (κ3) is 6.90. The molecule has 5 nitrogen and oxygen atoms in total. The molecule has 0 radical (unpaired) electrons. The molecule has 2 aromatic rings. The first-order chi connectivity index (χ1) is 13.0. The van der Waals surface area contributed by atoms with Crippen LogP contribution in [0.4, 0.5) is 4.39 Å². The molecule has 0 aromatic heterocycles. The fourth-order valence-electron chi connectivity index (χ4n) is 2.71. The zero-order valence-corrected chi connectivity index (χ0v) is 16.2. The Labute approximate surface area is 160 Å². The Kier molecular flexibility index (Phi) is 8.07. The Hall–Kier alpha value is -2.60. The van der Waals surface area contributed by atoms with Gasteiger partial charge in [0.25, 0.3) is 0 Å². The van der Waals surface area contributed by atoms with E-state index in [2.05, 4.69) is 58.8 Å². The predicted octanol–water partition coefficient (Wildman–Crippen LogP) is 3.11. The molecule has 0 heterocycles. The van der Waals surface area contributed by atoms with Gasteiger partial charge in [-0.15, -0.1) is 0 Å². The summed E-state index contributed by atoms with van der Waals surface area (Å²) >= 11 is 0. The van der Waals surface area contributed by atoms with Crippen LogP contribution in [0.15, 0.2) is 53.5 Å². The summed E-state index contributed by atoms with van der Waals surface area (Å²) in [7, 11) is 3.84. The summed E-state index contributed by atoms with van der Waals surface area (Å²) in [5, 5.41) is 15.7. The van der Waals surface area contributed by atoms with Gasteiger partial charge in [0.15, 0.2) is 17.5 Å². The lowest BCUT2D eigenvalue weighted by Gasteiger charge is -2.25. The molecule has 1 unspecified atom stereocenters. The number of phenols is 1. The summed E-state index contributed by atoms with van der Waals surface area (Å²) in [6.45, 7) is 4.34. The molecule has 0 saturated heterocycles. The van der Waals surface area contributed by atoms with Crippen molar-refractivity contribution in [2.24, 2.45) is 4.99 Å². The van der Waals surface area contributed by atoms with Crippen molar-refractivity contribution in [3.8, 4) is 5.75 Å². The topological polar surface area (TPSA) is 59.9 Å². The lowest BCUT2D eigenvalue weighted by atomic mass is 10.1. The third-order valence-electron chi connectivity index (χ3n) is 4.58. The maximum Gasteiger partial charge on any atom is 0.191 e. The molecule has 0 saturated carbocycles. The quantitative estimate of drug-likeness (QED) is 0.492. The van der Waals surface area contributed by atoms with Gasteiger partial charge in [-0.05, 0) is 43.7 Å². The van der Waals surface area contributed by atoms with E-state index in [0.29, 0.717) is 18.5 Å². The van der Waals surface area contributed by atoms with Crippen molar-refractivity contribution in [3.05, 3.63) is 65.5 Å². The molecule has 0 fully saturated rings. The fraction of sp³-hybridized carbons (Fsp3) is 0.381. The van der Waals surface area contributed by atoms with Crippen molar-refractivity contribution >= 4 is 5.96 Å². The summed E-state index contributed by atoms with van der Waals surface area (Å²) in [6.07, 6.45) is 0.970. The second kappa shape index (κ2) is 10.5. The minimum absolute atomic E-state index is 0.338. The minimum atomic E-state index is -0.618. The largest absolute Gasteiger partial charge is 0.505 e. The van der Waals surface area contributed by atoms with Gasteiger partial charge in [-0.3, -0.25) is 9.89 Å². The van der Waals surface area contributed by atoms with Crippen LogP contribution in [0.3, 0.4) is 0 Å². The van der Waals surface area contributed by atoms with Crippen LogP contribution >= 0.6 is 0 Å². The van der Waals surface area contributed by atoms with E-state index in [9.17, 15) is 9.50 Å². The Morgan fingerprint density at radius 1 is 1.15 bits per heavy atom. The van der Waals surface area contributed by atoms with Gasteiger partial charge in [-0.25, -0.2) is 4.39 Å². The van der Waals surface area contributed by atoms with E-state index in [-0.39, 0.29) is 5.75 Å². The number of nitrogens with one attached hydrogen (secondary N) is 2. The summed E-state index contributed by atoms with van der Waals surface area (Å²) in [4.78, 5) is 6.52. The van der Waals surface area contributed by atoms with Crippen molar-refractivity contribution in [1.29, 1.82) is 0 Å². The first-order valence-corrected chi connectivity index (χ1v) is 9.15. The molecule has 2 rings (SSSR count). The van der Waals surface area contributed by atoms with Crippen LogP contribution in [0, 0.1) is 5.82 Å². The first kappa shape index (κ1) is 20.7. The Morgan fingerprint density at radius 3 is 2.56 bits per heavy atom. The molecule has 0 aliphatic heterocycles. The second-order valence-corrected chi connectivity index (χ2v) is 6.68. The van der Waals surface area contributed by atoms with E-state index < -0.39 is 5.82 Å². The zero-order valence-electron chi connectivity index (χ0n) is 16.2. The number of hydrogen-bond donors (Lipinski definition) is 3. The van der Waals surface area contributed by atoms with Crippen LogP contribution in [-0.2, 0) is 13.1 Å². The number of hydrogen-bond acceptors (Lipinski definition) is 3. The normalized spacial score (nSPS) is 12.9. The molecule has 0 aliphatic rings. The maximum atomic E-state index is 13.4. The van der Waals surface area contributed by atoms with E-state index >= 15 is 0 Å². The average Bonchev–Trinajstić information content (AvgIpc) is 2.67. The third-order valence-corrected chi connectivity index (χ3v) is 4.58. The highest BCUT2D eigenvalue weighted by atomic mass is 19.1. The Bertz CT molecular complexity index is 736. The van der Waals surface area contributed by atoms with E-state index in [1.165, 1.54) is 17.7 Å². The van der Waals surface area contributed by atoms with Crippen molar-refractivity contribution < 1.29 is 9.50 Å². The average molecular weight is 372 g/mol. The SMILES string of the molecule is CN=C(NCCC(C)N(C)Cc1ccccc1)NCc1ccc(O)c(F)c1. The highest BCUT2D eigenvalue weighted by molar-refractivity contribution is 5.79. The number of benzene rings is 2. The van der Waals surface area contributed by atoms with E-state index in [1.807, 2.05) is 6.07 Å². The van der Waals surface area contributed by atoms with Gasteiger partial charge in [-0.2, -0.15) is 0 Å². The standard InChI is InChI=1S/C21H29FN4O/c1-16(26(3)15-17-7-5-4-6-8-17)11-12-24-21(23-2)25-14-18-9-10-20(27)19(22)13-18/h4-10,13,16,27H,11-12,14-15H2,1-3H3,(H2,23,24,25). The molecule has 0 aliphatic carbocycles. The van der Waals surface area contributed by atoms with E-state index in [0.717, 1.165) is 25.1 Å². The fourth-order valence-corrected chi connectivity index (χ4v) is 2.71. The predicted molar refractivity (Wildman–Crippen MR) is 108 cm³/mol. The number of guanidine groups is 1. The van der Waals surface area contributed by atoms with E-state index in [1.54, 1.807) is 13.1 Å². The van der Waals surface area contributed by atoms with Crippen LogP contribution in [0.2, 0.25) is 0 Å². The summed E-state index contributed by atoms with van der Waals surface area (Å²) in [5.41, 5.74) is 2.04. The zero-order chi connectivity index (χ0) is 19.6. The molecule has 0 spiro atoms. The Morgan fingerprint density at radius 2 is 1.89 bits per heavy atom. The molecule has 0 amide bonds. The molecule has 27 heavy (non-hydrogen) atoms. The molecule has 2 aromatic carbocycles. The van der Waals surface area contributed by atoms with Gasteiger partial charge >= 0.3 is 0 Å². The van der Waals surface area contributed by atoms with Crippen molar-refractivity contribution in [3.63, 3.8) is 0 Å². The maximum absolute atomic E-state index is 13.4. The smallest absolute Gasteiger partial charge is 0.191 e. The highest BCUT2D eigenvalue weighted by Gasteiger charge is 2.10. The van der Waals surface area contributed by atoms with Gasteiger partial charge in [0.05, 0.1) is 0 Å². The van der Waals surface area contributed by atoms with Gasteiger partial charge in [0, 0.05) is 32.7 Å². The number of nitrogens with zero attached hydrogens (tertiary/aromatic N) is 2. The van der Waals surface area contributed by atoms with Gasteiger partial charge in [0.1, 0.15) is 0 Å². The monoisotopic (exact) mass is 372 g/mol. The lowest BCUT2D eigenvalue weighted by Crippen LogP contribution is -2.39. The number of halogens is 1. The van der Waals surface area contributed by atoms with E-state index in [4.69, 9.17) is 0 Å². The Balaban J connectivity index is 1.72.